The van der Waals surface area contributed by atoms with Gasteiger partial charge in [0.15, 0.2) is 11.5 Å². The molecule has 3 heterocycles. The molecule has 1 aromatic heterocycles. The van der Waals surface area contributed by atoms with Crippen LogP contribution in [0, 0.1) is 5.82 Å². The standard InChI is InChI=1S/C19H15FN2O2/c20-14-5-3-12(4-6-14)19-15-2-1-7-22(15)16-9-18-17(23-11-24-18)8-13(16)10-21-19/h1-9,19,21H,10-11H2/t19-/m0/s1. The molecule has 0 bridgehead atoms. The van der Waals surface area contributed by atoms with Crippen LogP contribution in [0.25, 0.3) is 5.69 Å². The van der Waals surface area contributed by atoms with Crippen molar-refractivity contribution < 1.29 is 13.9 Å². The van der Waals surface area contributed by atoms with Crippen molar-refractivity contribution in [1.29, 1.82) is 0 Å². The lowest BCUT2D eigenvalue weighted by atomic mass is 10.0. The second kappa shape index (κ2) is 5.11. The SMILES string of the molecule is Fc1ccc([C@@H]2NCc3cc4c(cc3-n3cccc32)OCO4)cc1. The number of fused-ring (bicyclic) bond motifs is 4. The third kappa shape index (κ3) is 2.02. The lowest BCUT2D eigenvalue weighted by Gasteiger charge is -2.18. The average Bonchev–Trinajstić information content (AvgIpc) is 3.22. The minimum absolute atomic E-state index is 0.00956. The van der Waals surface area contributed by atoms with Gasteiger partial charge in [0.1, 0.15) is 5.82 Å². The molecule has 0 saturated heterocycles. The summed E-state index contributed by atoms with van der Waals surface area (Å²) in [4.78, 5) is 0. The van der Waals surface area contributed by atoms with Gasteiger partial charge in [-0.15, -0.1) is 0 Å². The van der Waals surface area contributed by atoms with E-state index < -0.39 is 0 Å². The van der Waals surface area contributed by atoms with Gasteiger partial charge < -0.3 is 19.4 Å². The van der Waals surface area contributed by atoms with E-state index >= 15 is 0 Å². The fourth-order valence-corrected chi connectivity index (χ4v) is 3.45. The highest BCUT2D eigenvalue weighted by molar-refractivity contribution is 5.57. The number of hydrogen-bond donors (Lipinski definition) is 1. The average molecular weight is 322 g/mol. The molecule has 0 saturated carbocycles. The minimum atomic E-state index is -0.225. The van der Waals surface area contributed by atoms with Gasteiger partial charge >= 0.3 is 0 Å². The molecule has 1 N–H and O–H groups in total. The Bertz CT molecular complexity index is 918. The number of halogens is 1. The number of benzene rings is 2. The van der Waals surface area contributed by atoms with Crippen molar-refractivity contribution in [3.05, 3.63) is 77.4 Å². The maximum atomic E-state index is 13.3. The van der Waals surface area contributed by atoms with Crippen molar-refractivity contribution in [1.82, 2.24) is 9.88 Å². The molecule has 0 radical (unpaired) electrons. The third-order valence-corrected chi connectivity index (χ3v) is 4.61. The Morgan fingerprint density at radius 1 is 1.04 bits per heavy atom. The van der Waals surface area contributed by atoms with E-state index in [1.54, 1.807) is 0 Å². The monoisotopic (exact) mass is 322 g/mol. The molecule has 5 heteroatoms. The Morgan fingerprint density at radius 2 is 1.83 bits per heavy atom. The Morgan fingerprint density at radius 3 is 2.67 bits per heavy atom. The van der Waals surface area contributed by atoms with Gasteiger partial charge in [-0.3, -0.25) is 0 Å². The molecule has 2 aliphatic rings. The number of rotatable bonds is 1. The predicted octanol–water partition coefficient (Wildman–Crippen LogP) is 3.54. The van der Waals surface area contributed by atoms with E-state index in [0.717, 1.165) is 34.0 Å². The molecule has 120 valence electrons. The van der Waals surface area contributed by atoms with Gasteiger partial charge in [0.2, 0.25) is 6.79 Å². The fraction of sp³-hybridized carbons (Fsp3) is 0.158. The number of nitrogens with zero attached hydrogens (tertiary/aromatic N) is 1. The van der Waals surface area contributed by atoms with Gasteiger partial charge in [-0.1, -0.05) is 12.1 Å². The van der Waals surface area contributed by atoms with Gasteiger partial charge in [0.05, 0.1) is 11.7 Å². The van der Waals surface area contributed by atoms with E-state index in [1.807, 2.05) is 36.5 Å². The van der Waals surface area contributed by atoms with Crippen molar-refractivity contribution >= 4 is 0 Å². The number of ether oxygens (including phenoxy) is 2. The van der Waals surface area contributed by atoms with Crippen LogP contribution in [-0.2, 0) is 6.54 Å². The first-order valence-corrected chi connectivity index (χ1v) is 7.88. The second-order valence-electron chi connectivity index (χ2n) is 6.00. The summed E-state index contributed by atoms with van der Waals surface area (Å²) in [6.45, 7) is 0.956. The maximum absolute atomic E-state index is 13.3. The van der Waals surface area contributed by atoms with E-state index in [9.17, 15) is 4.39 Å². The number of aromatic nitrogens is 1. The van der Waals surface area contributed by atoms with Crippen LogP contribution in [0.1, 0.15) is 22.9 Å². The molecule has 0 unspecified atom stereocenters. The first kappa shape index (κ1) is 13.6. The summed E-state index contributed by atoms with van der Waals surface area (Å²) in [5.74, 6) is 1.33. The van der Waals surface area contributed by atoms with E-state index in [-0.39, 0.29) is 18.7 Å². The Labute approximate surface area is 138 Å². The van der Waals surface area contributed by atoms with Crippen LogP contribution in [-0.4, -0.2) is 11.4 Å². The molecule has 24 heavy (non-hydrogen) atoms. The molecular formula is C19H15FN2O2. The zero-order chi connectivity index (χ0) is 16.1. The fourth-order valence-electron chi connectivity index (χ4n) is 3.45. The summed E-state index contributed by atoms with van der Waals surface area (Å²) < 4.78 is 26.4. The first-order valence-electron chi connectivity index (χ1n) is 7.88. The van der Waals surface area contributed by atoms with Gasteiger partial charge in [-0.2, -0.15) is 0 Å². The van der Waals surface area contributed by atoms with Gasteiger partial charge in [0, 0.05) is 24.5 Å². The molecule has 5 rings (SSSR count). The molecule has 0 amide bonds. The molecule has 1 atom stereocenters. The van der Waals surface area contributed by atoms with E-state index in [0.29, 0.717) is 6.54 Å². The summed E-state index contributed by atoms with van der Waals surface area (Å²) in [6, 6.07) is 14.8. The molecule has 0 spiro atoms. The van der Waals surface area contributed by atoms with Gasteiger partial charge in [0.25, 0.3) is 0 Å². The second-order valence-corrected chi connectivity index (χ2v) is 6.00. The molecule has 0 fully saturated rings. The van der Waals surface area contributed by atoms with Crippen LogP contribution in [0.15, 0.2) is 54.7 Å². The topological polar surface area (TPSA) is 35.4 Å². The predicted molar refractivity (Wildman–Crippen MR) is 87.0 cm³/mol. The van der Waals surface area contributed by atoms with Crippen molar-refractivity contribution in [3.8, 4) is 17.2 Å². The third-order valence-electron chi connectivity index (χ3n) is 4.61. The summed E-state index contributed by atoms with van der Waals surface area (Å²) in [5.41, 5.74) is 4.36. The van der Waals surface area contributed by atoms with Crippen LogP contribution in [0.2, 0.25) is 0 Å². The summed E-state index contributed by atoms with van der Waals surface area (Å²) in [6.07, 6.45) is 2.04. The minimum Gasteiger partial charge on any atom is -0.454 e. The highest BCUT2D eigenvalue weighted by atomic mass is 19.1. The van der Waals surface area contributed by atoms with Crippen molar-refractivity contribution in [2.75, 3.05) is 6.79 Å². The molecule has 2 aliphatic heterocycles. The van der Waals surface area contributed by atoms with Crippen LogP contribution in [0.4, 0.5) is 4.39 Å². The van der Waals surface area contributed by atoms with E-state index in [1.165, 1.54) is 12.1 Å². The van der Waals surface area contributed by atoms with Crippen molar-refractivity contribution in [2.24, 2.45) is 0 Å². The Balaban J connectivity index is 1.65. The summed E-state index contributed by atoms with van der Waals surface area (Å²) >= 11 is 0. The normalized spacial score (nSPS) is 18.0. The van der Waals surface area contributed by atoms with Crippen molar-refractivity contribution in [3.63, 3.8) is 0 Å². The van der Waals surface area contributed by atoms with Crippen LogP contribution < -0.4 is 14.8 Å². The molecule has 3 aromatic rings. The Kier molecular flexibility index (Phi) is 2.90. The molecular weight excluding hydrogens is 307 g/mol. The zero-order valence-corrected chi connectivity index (χ0v) is 12.8. The van der Waals surface area contributed by atoms with Crippen LogP contribution >= 0.6 is 0 Å². The van der Waals surface area contributed by atoms with Crippen molar-refractivity contribution in [2.45, 2.75) is 12.6 Å². The highest BCUT2D eigenvalue weighted by Crippen LogP contribution is 2.39. The summed E-state index contributed by atoms with van der Waals surface area (Å²) in [5, 5.41) is 3.57. The first-order chi connectivity index (χ1) is 11.8. The molecule has 2 aromatic carbocycles. The summed E-state index contributed by atoms with van der Waals surface area (Å²) in [7, 11) is 0. The number of nitrogens with one attached hydrogen (secondary N) is 1. The van der Waals surface area contributed by atoms with Crippen LogP contribution in [0.3, 0.4) is 0 Å². The van der Waals surface area contributed by atoms with E-state index in [2.05, 4.69) is 16.0 Å². The Hall–Kier alpha value is -2.79. The smallest absolute Gasteiger partial charge is 0.231 e. The lowest BCUT2D eigenvalue weighted by molar-refractivity contribution is 0.174. The molecule has 4 nitrogen and oxygen atoms in total. The largest absolute Gasteiger partial charge is 0.454 e. The zero-order valence-electron chi connectivity index (χ0n) is 12.8. The van der Waals surface area contributed by atoms with Gasteiger partial charge in [-0.05, 0) is 41.5 Å². The van der Waals surface area contributed by atoms with E-state index in [4.69, 9.17) is 9.47 Å². The maximum Gasteiger partial charge on any atom is 0.231 e. The highest BCUT2D eigenvalue weighted by Gasteiger charge is 2.25. The number of hydrogen-bond acceptors (Lipinski definition) is 3. The quantitative estimate of drug-likeness (QED) is 0.744. The van der Waals surface area contributed by atoms with Gasteiger partial charge in [-0.25, -0.2) is 4.39 Å². The lowest BCUT2D eigenvalue weighted by Crippen LogP contribution is -2.21. The molecule has 0 aliphatic carbocycles. The van der Waals surface area contributed by atoms with Crippen LogP contribution in [0.5, 0.6) is 11.5 Å².